The number of hydrogen-bond donors (Lipinski definition) is 2. The summed E-state index contributed by atoms with van der Waals surface area (Å²) < 4.78 is 1.92. The topological polar surface area (TPSA) is 45.1 Å². The largest absolute Gasteiger partial charge is 0.505 e. The number of halogens is 2. The van der Waals surface area contributed by atoms with E-state index in [-0.39, 0.29) is 5.75 Å². The number of rotatable bonds is 3. The molecule has 0 aliphatic heterocycles. The maximum atomic E-state index is 10.2. The van der Waals surface area contributed by atoms with Gasteiger partial charge in [-0.25, -0.2) is 4.98 Å². The molecule has 5 heteroatoms. The summed E-state index contributed by atoms with van der Waals surface area (Å²) in [5.74, 6) is 0.257. The van der Waals surface area contributed by atoms with Crippen molar-refractivity contribution >= 4 is 61.8 Å². The molecule has 1 heterocycles. The molecule has 2 N–H and O–H groups in total. The zero-order valence-corrected chi connectivity index (χ0v) is 15.3. The van der Waals surface area contributed by atoms with E-state index in [9.17, 15) is 5.11 Å². The van der Waals surface area contributed by atoms with Gasteiger partial charge in [-0.15, -0.1) is 0 Å². The molecular formula is C16H12I2N2O. The first-order valence-electron chi connectivity index (χ1n) is 6.40. The number of aromatic nitrogens is 1. The quantitative estimate of drug-likeness (QED) is 0.508. The summed E-state index contributed by atoms with van der Waals surface area (Å²) in [5.41, 5.74) is 2.62. The lowest BCUT2D eigenvalue weighted by Gasteiger charge is -2.09. The lowest BCUT2D eigenvalue weighted by molar-refractivity contribution is 0.476. The van der Waals surface area contributed by atoms with Gasteiger partial charge in [0.2, 0.25) is 0 Å². The highest BCUT2D eigenvalue weighted by Crippen LogP contribution is 2.32. The minimum absolute atomic E-state index is 0.257. The Kier molecular flexibility index (Phi) is 4.48. The van der Waals surface area contributed by atoms with Crippen LogP contribution in [0.25, 0.3) is 10.9 Å². The predicted molar refractivity (Wildman–Crippen MR) is 103 cm³/mol. The number of para-hydroxylation sites is 1. The molecule has 1 aromatic heterocycles. The zero-order chi connectivity index (χ0) is 14.8. The van der Waals surface area contributed by atoms with Crippen LogP contribution in [0.5, 0.6) is 5.75 Å². The van der Waals surface area contributed by atoms with Crippen molar-refractivity contribution in [2.45, 2.75) is 6.54 Å². The van der Waals surface area contributed by atoms with Crippen molar-refractivity contribution in [3.8, 4) is 5.75 Å². The third-order valence-corrected chi connectivity index (χ3v) is 4.88. The zero-order valence-electron chi connectivity index (χ0n) is 11.0. The van der Waals surface area contributed by atoms with Gasteiger partial charge >= 0.3 is 0 Å². The third kappa shape index (κ3) is 3.23. The van der Waals surface area contributed by atoms with Crippen LogP contribution in [-0.2, 0) is 6.54 Å². The predicted octanol–water partition coefficient (Wildman–Crippen LogP) is 4.76. The van der Waals surface area contributed by atoms with Crippen molar-refractivity contribution in [1.29, 1.82) is 0 Å². The van der Waals surface area contributed by atoms with Crippen LogP contribution in [0.15, 0.2) is 48.5 Å². The van der Waals surface area contributed by atoms with E-state index in [2.05, 4.69) is 55.5 Å². The van der Waals surface area contributed by atoms with Crippen LogP contribution in [0, 0.1) is 7.14 Å². The summed E-state index contributed by atoms with van der Waals surface area (Å²) in [5, 5.41) is 14.5. The monoisotopic (exact) mass is 502 g/mol. The van der Waals surface area contributed by atoms with Gasteiger partial charge in [-0.1, -0.05) is 18.2 Å². The van der Waals surface area contributed by atoms with Crippen LogP contribution in [0.1, 0.15) is 5.69 Å². The van der Waals surface area contributed by atoms with E-state index in [4.69, 9.17) is 0 Å². The summed E-state index contributed by atoms with van der Waals surface area (Å²) in [7, 11) is 0. The molecular weight excluding hydrogens is 490 g/mol. The molecule has 106 valence electrons. The number of nitrogens with zero attached hydrogens (tertiary/aromatic N) is 1. The van der Waals surface area contributed by atoms with E-state index in [0.29, 0.717) is 12.1 Å². The van der Waals surface area contributed by atoms with Gasteiger partial charge in [0.15, 0.2) is 5.75 Å². The molecule has 0 unspecified atom stereocenters. The first kappa shape index (κ1) is 14.8. The maximum absolute atomic E-state index is 10.2. The highest BCUT2D eigenvalue weighted by molar-refractivity contribution is 14.1. The van der Waals surface area contributed by atoms with Gasteiger partial charge in [-0.3, -0.25) is 0 Å². The summed E-state index contributed by atoms with van der Waals surface area (Å²) in [6.45, 7) is 0.626. The minimum atomic E-state index is 0.257. The molecule has 0 spiro atoms. The smallest absolute Gasteiger partial charge is 0.155 e. The van der Waals surface area contributed by atoms with Crippen molar-refractivity contribution in [3.05, 3.63) is 61.4 Å². The number of pyridine rings is 1. The number of phenols is 1. The van der Waals surface area contributed by atoms with Crippen LogP contribution in [0.3, 0.4) is 0 Å². The van der Waals surface area contributed by atoms with Crippen LogP contribution < -0.4 is 5.32 Å². The van der Waals surface area contributed by atoms with Gasteiger partial charge in [-0.2, -0.15) is 0 Å². The fourth-order valence-corrected chi connectivity index (χ4v) is 4.00. The second kappa shape index (κ2) is 6.35. The summed E-state index contributed by atoms with van der Waals surface area (Å²) in [6, 6.07) is 16.0. The summed E-state index contributed by atoms with van der Waals surface area (Å²) in [6.07, 6.45) is 0. The van der Waals surface area contributed by atoms with Crippen molar-refractivity contribution in [1.82, 2.24) is 4.98 Å². The van der Waals surface area contributed by atoms with Crippen LogP contribution in [0.4, 0.5) is 5.69 Å². The number of phenolic OH excluding ortho intramolecular Hbond substituents is 1. The summed E-state index contributed by atoms with van der Waals surface area (Å²) >= 11 is 4.40. The number of benzene rings is 2. The highest BCUT2D eigenvalue weighted by Gasteiger charge is 2.10. The van der Waals surface area contributed by atoms with E-state index >= 15 is 0 Å². The van der Waals surface area contributed by atoms with Gasteiger partial charge in [-0.05, 0) is 75.5 Å². The fraction of sp³-hybridized carbons (Fsp3) is 0.0625. The van der Waals surface area contributed by atoms with E-state index in [0.717, 1.165) is 23.9 Å². The Bertz CT molecular complexity index is 791. The molecule has 0 aliphatic carbocycles. The lowest BCUT2D eigenvalue weighted by atomic mass is 10.2. The molecule has 3 nitrogen and oxygen atoms in total. The Labute approximate surface area is 150 Å². The average molecular weight is 502 g/mol. The Balaban J connectivity index is 1.92. The maximum Gasteiger partial charge on any atom is 0.155 e. The van der Waals surface area contributed by atoms with Gasteiger partial charge in [0.05, 0.1) is 15.8 Å². The Morgan fingerprint density at radius 2 is 1.76 bits per heavy atom. The molecule has 2 aromatic carbocycles. The second-order valence-corrected chi connectivity index (χ2v) is 6.93. The fourth-order valence-electron chi connectivity index (χ4n) is 2.09. The van der Waals surface area contributed by atoms with Gasteiger partial charge in [0.1, 0.15) is 5.52 Å². The Hall–Kier alpha value is -1.09. The van der Waals surface area contributed by atoms with E-state index in [1.165, 1.54) is 0 Å². The average Bonchev–Trinajstić information content (AvgIpc) is 2.51. The third-order valence-electron chi connectivity index (χ3n) is 3.16. The Morgan fingerprint density at radius 3 is 2.52 bits per heavy atom. The van der Waals surface area contributed by atoms with Crippen molar-refractivity contribution in [2.24, 2.45) is 0 Å². The highest BCUT2D eigenvalue weighted by atomic mass is 127. The molecule has 0 saturated carbocycles. The number of nitrogens with one attached hydrogen (secondary N) is 1. The van der Waals surface area contributed by atoms with E-state index in [1.54, 1.807) is 0 Å². The molecule has 0 atom stereocenters. The molecule has 0 amide bonds. The van der Waals surface area contributed by atoms with Crippen molar-refractivity contribution < 1.29 is 5.11 Å². The number of aromatic hydroxyl groups is 1. The SMILES string of the molecule is Oc1c(I)cc(I)c2ccc(CNc3ccccc3)nc12. The molecule has 0 saturated heterocycles. The number of anilines is 1. The molecule has 0 bridgehead atoms. The van der Waals surface area contributed by atoms with Crippen molar-refractivity contribution in [3.63, 3.8) is 0 Å². The van der Waals surface area contributed by atoms with Gasteiger partial charge < -0.3 is 10.4 Å². The normalized spacial score (nSPS) is 10.8. The van der Waals surface area contributed by atoms with E-state index in [1.807, 2.05) is 48.5 Å². The molecule has 21 heavy (non-hydrogen) atoms. The van der Waals surface area contributed by atoms with Crippen LogP contribution in [-0.4, -0.2) is 10.1 Å². The minimum Gasteiger partial charge on any atom is -0.505 e. The second-order valence-electron chi connectivity index (χ2n) is 4.61. The van der Waals surface area contributed by atoms with Crippen LogP contribution >= 0.6 is 45.2 Å². The number of hydrogen-bond acceptors (Lipinski definition) is 3. The number of fused-ring (bicyclic) bond motifs is 1. The first-order valence-corrected chi connectivity index (χ1v) is 8.56. The molecule has 3 rings (SSSR count). The molecule has 3 aromatic rings. The summed E-state index contributed by atoms with van der Waals surface area (Å²) in [4.78, 5) is 4.59. The molecule has 0 radical (unpaired) electrons. The van der Waals surface area contributed by atoms with Crippen LogP contribution in [0.2, 0.25) is 0 Å². The van der Waals surface area contributed by atoms with E-state index < -0.39 is 0 Å². The first-order chi connectivity index (χ1) is 10.1. The molecule has 0 aliphatic rings. The van der Waals surface area contributed by atoms with Gasteiger partial charge in [0, 0.05) is 14.6 Å². The van der Waals surface area contributed by atoms with Crippen molar-refractivity contribution in [2.75, 3.05) is 5.32 Å². The Morgan fingerprint density at radius 1 is 1.00 bits per heavy atom. The lowest BCUT2D eigenvalue weighted by Crippen LogP contribution is -2.02. The standard InChI is InChI=1S/C16H12I2N2O/c17-13-8-14(18)16(21)15-12(13)7-6-11(20-15)9-19-10-4-2-1-3-5-10/h1-8,19,21H,9H2. The molecule has 0 fully saturated rings. The van der Waals surface area contributed by atoms with Gasteiger partial charge in [0.25, 0.3) is 0 Å².